The van der Waals surface area contributed by atoms with E-state index in [1.807, 2.05) is 67.6 Å². The average Bonchev–Trinajstić information content (AvgIpc) is 2.93. The minimum absolute atomic E-state index is 0.0814. The van der Waals surface area contributed by atoms with Gasteiger partial charge in [-0.1, -0.05) is 85.5 Å². The number of benzene rings is 4. The molecule has 0 bridgehead atoms. The lowest BCUT2D eigenvalue weighted by molar-refractivity contribution is 0.103. The first-order chi connectivity index (χ1) is 18.7. The van der Waals surface area contributed by atoms with Crippen LogP contribution in [0.15, 0.2) is 110 Å². The fraction of sp³-hybridized carbons (Fsp3) is 0.156. The first-order valence-electron chi connectivity index (χ1n) is 12.6. The molecule has 1 N–H and O–H groups in total. The second-order valence-electron chi connectivity index (χ2n) is 9.32. The number of nitrogens with one attached hydrogen (secondary N) is 1. The van der Waals surface area contributed by atoms with Crippen LogP contribution in [-0.2, 0) is 23.1 Å². The Morgan fingerprint density at radius 1 is 0.872 bits per heavy atom. The van der Waals surface area contributed by atoms with Crippen LogP contribution >= 0.6 is 0 Å². The van der Waals surface area contributed by atoms with Crippen molar-refractivity contribution in [3.8, 4) is 5.75 Å². The van der Waals surface area contributed by atoms with Crippen molar-refractivity contribution in [2.75, 3.05) is 22.5 Å². The van der Waals surface area contributed by atoms with E-state index in [0.29, 0.717) is 42.3 Å². The molecular weight excluding hydrogens is 508 g/mol. The molecule has 0 unspecified atom stereocenters. The van der Waals surface area contributed by atoms with Crippen molar-refractivity contribution in [2.24, 2.45) is 0 Å². The first-order valence-corrected chi connectivity index (χ1v) is 14.5. The summed E-state index contributed by atoms with van der Waals surface area (Å²) in [5.74, 6) is 0.541. The van der Waals surface area contributed by atoms with E-state index in [1.165, 1.54) is 0 Å². The van der Waals surface area contributed by atoms with Gasteiger partial charge in [-0.15, -0.1) is 0 Å². The van der Waals surface area contributed by atoms with Gasteiger partial charge < -0.3 is 9.64 Å². The number of hydrogen-bond acceptors (Lipinski definition) is 5. The summed E-state index contributed by atoms with van der Waals surface area (Å²) in [7, 11) is -3.42. The summed E-state index contributed by atoms with van der Waals surface area (Å²) < 4.78 is 32.0. The van der Waals surface area contributed by atoms with Gasteiger partial charge in [-0.25, -0.2) is 8.42 Å². The molecule has 7 heteroatoms. The highest BCUT2D eigenvalue weighted by molar-refractivity contribution is 7.92. The van der Waals surface area contributed by atoms with Crippen LogP contribution in [0.1, 0.15) is 32.6 Å². The van der Waals surface area contributed by atoms with E-state index in [1.54, 1.807) is 30.3 Å². The van der Waals surface area contributed by atoms with Crippen LogP contribution in [-0.4, -0.2) is 27.1 Å². The summed E-state index contributed by atoms with van der Waals surface area (Å²) in [5, 5.41) is 0. The van der Waals surface area contributed by atoms with Gasteiger partial charge in [0.25, 0.3) is 0 Å². The Bertz CT molecular complexity index is 1550. The predicted octanol–water partition coefficient (Wildman–Crippen LogP) is 6.37. The summed E-state index contributed by atoms with van der Waals surface area (Å²) in [5.41, 5.74) is 5.60. The van der Waals surface area contributed by atoms with Crippen LogP contribution in [0, 0.1) is 6.92 Å². The highest BCUT2D eigenvalue weighted by atomic mass is 32.2. The third-order valence-electron chi connectivity index (χ3n) is 6.21. The Labute approximate surface area is 230 Å². The van der Waals surface area contributed by atoms with Crippen LogP contribution < -0.4 is 14.4 Å². The zero-order chi connectivity index (χ0) is 27.8. The lowest BCUT2D eigenvalue weighted by atomic mass is 10.0. The molecule has 0 amide bonds. The van der Waals surface area contributed by atoms with Gasteiger partial charge in [-0.05, 0) is 47.9 Å². The molecule has 200 valence electrons. The zero-order valence-electron chi connectivity index (χ0n) is 22.1. The van der Waals surface area contributed by atoms with Crippen molar-refractivity contribution < 1.29 is 17.9 Å². The van der Waals surface area contributed by atoms with Gasteiger partial charge in [-0.3, -0.25) is 9.52 Å². The van der Waals surface area contributed by atoms with Crippen molar-refractivity contribution in [2.45, 2.75) is 20.0 Å². The monoisotopic (exact) mass is 540 g/mol. The van der Waals surface area contributed by atoms with Gasteiger partial charge in [0.05, 0.1) is 11.9 Å². The van der Waals surface area contributed by atoms with Gasteiger partial charge in [-0.2, -0.15) is 0 Å². The van der Waals surface area contributed by atoms with Crippen molar-refractivity contribution in [1.82, 2.24) is 0 Å². The van der Waals surface area contributed by atoms with Gasteiger partial charge in [0.2, 0.25) is 10.0 Å². The molecule has 0 saturated carbocycles. The van der Waals surface area contributed by atoms with E-state index in [0.717, 1.165) is 28.6 Å². The summed E-state index contributed by atoms with van der Waals surface area (Å²) in [6.45, 7) is 7.13. The van der Waals surface area contributed by atoms with E-state index in [-0.39, 0.29) is 5.78 Å². The van der Waals surface area contributed by atoms with Crippen molar-refractivity contribution >= 4 is 27.2 Å². The third-order valence-corrected chi connectivity index (χ3v) is 6.80. The number of ketones is 1. The minimum atomic E-state index is -3.42. The van der Waals surface area contributed by atoms with Gasteiger partial charge >= 0.3 is 0 Å². The molecule has 0 spiro atoms. The fourth-order valence-corrected chi connectivity index (χ4v) is 4.96. The second kappa shape index (κ2) is 12.5. The van der Waals surface area contributed by atoms with E-state index in [9.17, 15) is 13.2 Å². The molecule has 0 atom stereocenters. The normalized spacial score (nSPS) is 11.0. The van der Waals surface area contributed by atoms with Crippen LogP contribution in [0.2, 0.25) is 0 Å². The van der Waals surface area contributed by atoms with Crippen LogP contribution in [0.5, 0.6) is 5.75 Å². The van der Waals surface area contributed by atoms with Crippen molar-refractivity contribution in [3.63, 3.8) is 0 Å². The Morgan fingerprint density at radius 3 is 2.21 bits per heavy atom. The molecule has 0 heterocycles. The van der Waals surface area contributed by atoms with Crippen LogP contribution in [0.3, 0.4) is 0 Å². The molecule has 6 nitrogen and oxygen atoms in total. The number of carbonyl (C=O) groups excluding carboxylic acids is 1. The van der Waals surface area contributed by atoms with E-state index < -0.39 is 10.0 Å². The van der Waals surface area contributed by atoms with Gasteiger partial charge in [0.15, 0.2) is 5.78 Å². The van der Waals surface area contributed by atoms with Crippen LogP contribution in [0.4, 0.5) is 11.4 Å². The van der Waals surface area contributed by atoms with Crippen LogP contribution in [0.25, 0.3) is 0 Å². The first kappa shape index (κ1) is 27.7. The molecule has 0 aliphatic heterocycles. The largest absolute Gasteiger partial charge is 0.490 e. The molecule has 4 aromatic rings. The highest BCUT2D eigenvalue weighted by Gasteiger charge is 2.16. The summed E-state index contributed by atoms with van der Waals surface area (Å²) in [6, 6.07) is 30.4. The maximum Gasteiger partial charge on any atom is 0.229 e. The number of anilines is 2. The van der Waals surface area contributed by atoms with E-state index in [4.69, 9.17) is 4.74 Å². The zero-order valence-corrected chi connectivity index (χ0v) is 22.9. The molecular formula is C32H32N2O4S. The Morgan fingerprint density at radius 2 is 1.54 bits per heavy atom. The molecule has 4 rings (SSSR count). The smallest absolute Gasteiger partial charge is 0.229 e. The highest BCUT2D eigenvalue weighted by Crippen LogP contribution is 2.30. The molecule has 0 fully saturated rings. The average molecular weight is 541 g/mol. The molecule has 0 radical (unpaired) electrons. The Kier molecular flexibility index (Phi) is 8.84. The second-order valence-corrected chi connectivity index (χ2v) is 11.1. The number of nitrogens with zero attached hydrogens (tertiary/aromatic N) is 1. The Balaban J connectivity index is 1.59. The SMILES string of the molecule is C=CCOc1cccc(C(=O)c2ccc(CN(Cc3ccccc3)c3cccc(NS(C)(=O)=O)c3C)cc2)c1. The molecule has 39 heavy (non-hydrogen) atoms. The molecule has 0 aromatic heterocycles. The minimum Gasteiger partial charge on any atom is -0.490 e. The quantitative estimate of drug-likeness (QED) is 0.167. The lowest BCUT2D eigenvalue weighted by Gasteiger charge is -2.28. The fourth-order valence-electron chi connectivity index (χ4n) is 4.34. The lowest BCUT2D eigenvalue weighted by Crippen LogP contribution is -2.23. The van der Waals surface area contributed by atoms with Gasteiger partial charge in [0, 0.05) is 29.9 Å². The molecule has 0 aliphatic carbocycles. The van der Waals surface area contributed by atoms with E-state index in [2.05, 4.69) is 28.3 Å². The number of ether oxygens (including phenoxy) is 1. The van der Waals surface area contributed by atoms with Crippen molar-refractivity contribution in [1.29, 1.82) is 0 Å². The maximum atomic E-state index is 13.1. The third kappa shape index (κ3) is 7.58. The van der Waals surface area contributed by atoms with Gasteiger partial charge in [0.1, 0.15) is 12.4 Å². The number of rotatable bonds is 12. The van der Waals surface area contributed by atoms with E-state index >= 15 is 0 Å². The molecule has 0 saturated heterocycles. The predicted molar refractivity (Wildman–Crippen MR) is 158 cm³/mol. The summed E-state index contributed by atoms with van der Waals surface area (Å²) in [6.07, 6.45) is 2.81. The standard InChI is InChI=1S/C32H32N2O4S/c1-4-20-38-29-13-8-12-28(21-29)32(35)27-18-16-26(17-19-27)23-34(22-25-10-6-5-7-11-25)31-15-9-14-30(24(31)2)33-39(3,36)37/h4-19,21,33H,1,20,22-23H2,2-3H3. The maximum absolute atomic E-state index is 13.1. The topological polar surface area (TPSA) is 75.7 Å². The summed E-state index contributed by atoms with van der Waals surface area (Å²) >= 11 is 0. The number of hydrogen-bond donors (Lipinski definition) is 1. The summed E-state index contributed by atoms with van der Waals surface area (Å²) in [4.78, 5) is 15.3. The molecule has 4 aromatic carbocycles. The van der Waals surface area contributed by atoms with Crippen molar-refractivity contribution in [3.05, 3.63) is 138 Å². The Hall–Kier alpha value is -4.36. The number of sulfonamides is 1. The molecule has 0 aliphatic rings. The number of carbonyl (C=O) groups is 1.